The second kappa shape index (κ2) is 8.34. The van der Waals surface area contributed by atoms with E-state index in [1.165, 1.54) is 0 Å². The Morgan fingerprint density at radius 2 is 1.88 bits per heavy atom. The smallest absolute Gasteiger partial charge is 0.306 e. The van der Waals surface area contributed by atoms with E-state index in [9.17, 15) is 9.59 Å². The second-order valence-electron chi connectivity index (χ2n) is 6.10. The minimum Gasteiger partial charge on any atom is -0.469 e. The van der Waals surface area contributed by atoms with E-state index in [0.717, 1.165) is 22.1 Å². The summed E-state index contributed by atoms with van der Waals surface area (Å²) in [6.07, 6.45) is 2.20. The molecule has 5 heteroatoms. The van der Waals surface area contributed by atoms with Gasteiger partial charge in [-0.1, -0.05) is 42.5 Å². The number of hydrogen-bond donors (Lipinski definition) is 1. The van der Waals surface area contributed by atoms with Crippen LogP contribution in [0.4, 0.5) is 0 Å². The van der Waals surface area contributed by atoms with Crippen molar-refractivity contribution < 1.29 is 18.7 Å². The van der Waals surface area contributed by atoms with E-state index in [1.54, 1.807) is 18.4 Å². The van der Waals surface area contributed by atoms with Gasteiger partial charge >= 0.3 is 5.97 Å². The lowest BCUT2D eigenvalue weighted by Gasteiger charge is -2.16. The Bertz CT molecular complexity index is 881. The van der Waals surface area contributed by atoms with Crippen LogP contribution in [-0.2, 0) is 20.7 Å². The van der Waals surface area contributed by atoms with Crippen LogP contribution in [-0.4, -0.2) is 18.5 Å². The third kappa shape index (κ3) is 4.51. The molecule has 0 unspecified atom stereocenters. The van der Waals surface area contributed by atoms with Crippen molar-refractivity contribution in [2.45, 2.75) is 25.8 Å². The van der Waals surface area contributed by atoms with Crippen LogP contribution in [0.3, 0.4) is 0 Å². The molecule has 1 amide bonds. The van der Waals surface area contributed by atoms with Gasteiger partial charge < -0.3 is 14.5 Å². The lowest BCUT2D eigenvalue weighted by molar-refractivity contribution is -0.148. The van der Waals surface area contributed by atoms with Crippen molar-refractivity contribution in [3.05, 3.63) is 72.2 Å². The fraction of sp³-hybridized carbons (Fsp3) is 0.238. The topological polar surface area (TPSA) is 68.5 Å². The molecule has 1 N–H and O–H groups in total. The van der Waals surface area contributed by atoms with Crippen molar-refractivity contribution in [3.8, 4) is 0 Å². The minimum atomic E-state index is -0.422. The predicted molar refractivity (Wildman–Crippen MR) is 98.5 cm³/mol. The number of rotatable bonds is 7. The first kappa shape index (κ1) is 17.7. The zero-order valence-electron chi connectivity index (χ0n) is 14.6. The lowest BCUT2D eigenvalue weighted by Crippen LogP contribution is -2.31. The SMILES string of the molecule is C[C@H](NC(=O)COC(=O)CCc1ccco1)c1cccc2ccccc12. The molecule has 1 heterocycles. The van der Waals surface area contributed by atoms with Gasteiger partial charge in [-0.2, -0.15) is 0 Å². The van der Waals surface area contributed by atoms with Gasteiger partial charge in [0.2, 0.25) is 0 Å². The maximum absolute atomic E-state index is 12.1. The van der Waals surface area contributed by atoms with E-state index in [4.69, 9.17) is 9.15 Å². The summed E-state index contributed by atoms with van der Waals surface area (Å²) in [5.41, 5.74) is 1.03. The monoisotopic (exact) mass is 351 g/mol. The maximum Gasteiger partial charge on any atom is 0.306 e. The largest absolute Gasteiger partial charge is 0.469 e. The van der Waals surface area contributed by atoms with Crippen LogP contribution in [0.25, 0.3) is 10.8 Å². The molecule has 0 spiro atoms. The minimum absolute atomic E-state index is 0.180. The van der Waals surface area contributed by atoms with Gasteiger partial charge in [-0.25, -0.2) is 0 Å². The Morgan fingerprint density at radius 3 is 2.69 bits per heavy atom. The molecule has 0 aliphatic rings. The molecule has 0 aliphatic carbocycles. The van der Waals surface area contributed by atoms with Crippen LogP contribution in [0.15, 0.2) is 65.3 Å². The molecule has 1 aromatic heterocycles. The van der Waals surface area contributed by atoms with Gasteiger partial charge in [-0.3, -0.25) is 9.59 Å². The molecule has 0 bridgehead atoms. The molecule has 3 rings (SSSR count). The molecule has 0 radical (unpaired) electrons. The summed E-state index contributed by atoms with van der Waals surface area (Å²) in [5, 5.41) is 5.10. The second-order valence-corrected chi connectivity index (χ2v) is 6.10. The first-order valence-electron chi connectivity index (χ1n) is 8.58. The summed E-state index contributed by atoms with van der Waals surface area (Å²) in [6, 6.07) is 17.4. The fourth-order valence-corrected chi connectivity index (χ4v) is 2.89. The first-order valence-corrected chi connectivity index (χ1v) is 8.58. The Labute approximate surface area is 152 Å². The summed E-state index contributed by atoms with van der Waals surface area (Å²) in [4.78, 5) is 23.8. The predicted octanol–water partition coefficient (Wildman–Crippen LogP) is 3.79. The molecule has 0 aliphatic heterocycles. The molecular weight excluding hydrogens is 330 g/mol. The van der Waals surface area contributed by atoms with Crippen molar-refractivity contribution in [1.29, 1.82) is 0 Å². The number of amides is 1. The van der Waals surface area contributed by atoms with Gasteiger partial charge in [-0.05, 0) is 35.4 Å². The molecule has 0 saturated heterocycles. The summed E-state index contributed by atoms with van der Waals surface area (Å²) in [6.45, 7) is 1.63. The summed E-state index contributed by atoms with van der Waals surface area (Å²) >= 11 is 0. The van der Waals surface area contributed by atoms with Gasteiger partial charge in [0.15, 0.2) is 6.61 Å². The third-order valence-corrected chi connectivity index (χ3v) is 4.19. The molecule has 2 aromatic carbocycles. The highest BCUT2D eigenvalue weighted by Crippen LogP contribution is 2.23. The highest BCUT2D eigenvalue weighted by Gasteiger charge is 2.14. The van der Waals surface area contributed by atoms with Crippen LogP contribution in [0.2, 0.25) is 0 Å². The Hall–Kier alpha value is -3.08. The number of esters is 1. The highest BCUT2D eigenvalue weighted by atomic mass is 16.5. The number of furan rings is 1. The van der Waals surface area contributed by atoms with Crippen molar-refractivity contribution in [2.75, 3.05) is 6.61 Å². The number of nitrogens with one attached hydrogen (secondary N) is 1. The van der Waals surface area contributed by atoms with Crippen LogP contribution < -0.4 is 5.32 Å². The number of ether oxygens (including phenoxy) is 1. The molecule has 0 saturated carbocycles. The lowest BCUT2D eigenvalue weighted by atomic mass is 10.00. The molecular formula is C21H21NO4. The number of hydrogen-bond acceptors (Lipinski definition) is 4. The van der Waals surface area contributed by atoms with Crippen molar-refractivity contribution in [2.24, 2.45) is 0 Å². The number of aryl methyl sites for hydroxylation is 1. The van der Waals surface area contributed by atoms with Crippen molar-refractivity contribution >= 4 is 22.6 Å². The van der Waals surface area contributed by atoms with Gasteiger partial charge in [0.1, 0.15) is 5.76 Å². The molecule has 134 valence electrons. The normalized spacial score (nSPS) is 11.9. The highest BCUT2D eigenvalue weighted by molar-refractivity contribution is 5.87. The first-order chi connectivity index (χ1) is 12.6. The van der Waals surface area contributed by atoms with E-state index >= 15 is 0 Å². The van der Waals surface area contributed by atoms with Gasteiger partial charge in [0.05, 0.1) is 18.7 Å². The summed E-state index contributed by atoms with van der Waals surface area (Å²) in [5.74, 6) is -0.0258. The standard InChI is InChI=1S/C21H21NO4/c1-15(18-10-4-7-16-6-2-3-9-19(16)18)22-20(23)14-26-21(24)12-11-17-8-5-13-25-17/h2-10,13,15H,11-12,14H2,1H3,(H,22,23)/t15-/m0/s1. The number of benzene rings is 2. The molecule has 1 atom stereocenters. The Morgan fingerprint density at radius 1 is 1.08 bits per heavy atom. The summed E-state index contributed by atoms with van der Waals surface area (Å²) < 4.78 is 10.2. The zero-order valence-corrected chi connectivity index (χ0v) is 14.6. The van der Waals surface area contributed by atoms with E-state index in [0.29, 0.717) is 6.42 Å². The molecule has 5 nitrogen and oxygen atoms in total. The fourth-order valence-electron chi connectivity index (χ4n) is 2.89. The van der Waals surface area contributed by atoms with Gasteiger partial charge in [0, 0.05) is 6.42 Å². The Kier molecular flexibility index (Phi) is 5.69. The van der Waals surface area contributed by atoms with Crippen LogP contribution in [0.5, 0.6) is 0 Å². The number of carbonyl (C=O) groups excluding carboxylic acids is 2. The maximum atomic E-state index is 12.1. The van der Waals surface area contributed by atoms with E-state index in [1.807, 2.05) is 49.4 Å². The van der Waals surface area contributed by atoms with Gasteiger partial charge in [-0.15, -0.1) is 0 Å². The van der Waals surface area contributed by atoms with E-state index in [2.05, 4.69) is 5.32 Å². The average molecular weight is 351 g/mol. The van der Waals surface area contributed by atoms with Crippen LogP contribution >= 0.6 is 0 Å². The van der Waals surface area contributed by atoms with Crippen molar-refractivity contribution in [3.63, 3.8) is 0 Å². The van der Waals surface area contributed by atoms with Crippen molar-refractivity contribution in [1.82, 2.24) is 5.32 Å². The van der Waals surface area contributed by atoms with E-state index < -0.39 is 5.97 Å². The van der Waals surface area contributed by atoms with E-state index in [-0.39, 0.29) is 25.0 Å². The van der Waals surface area contributed by atoms with Crippen LogP contribution in [0, 0.1) is 0 Å². The Balaban J connectivity index is 1.50. The third-order valence-electron chi connectivity index (χ3n) is 4.19. The quantitative estimate of drug-likeness (QED) is 0.658. The number of fused-ring (bicyclic) bond motifs is 1. The average Bonchev–Trinajstić information content (AvgIpc) is 3.18. The summed E-state index contributed by atoms with van der Waals surface area (Å²) in [7, 11) is 0. The molecule has 26 heavy (non-hydrogen) atoms. The molecule has 0 fully saturated rings. The zero-order chi connectivity index (χ0) is 18.4. The van der Waals surface area contributed by atoms with Gasteiger partial charge in [0.25, 0.3) is 5.91 Å². The molecule has 3 aromatic rings. The van der Waals surface area contributed by atoms with Crippen LogP contribution in [0.1, 0.15) is 30.7 Å². The number of carbonyl (C=O) groups is 2.